The quantitative estimate of drug-likeness (QED) is 0.680. The minimum atomic E-state index is -2.85. The van der Waals surface area contributed by atoms with Gasteiger partial charge in [-0.3, -0.25) is 0 Å². The number of nitrogens with one attached hydrogen (secondary N) is 1. The monoisotopic (exact) mass is 223 g/mol. The molecule has 5 heteroatoms. The molecule has 0 saturated carbocycles. The van der Waals surface area contributed by atoms with E-state index in [1.165, 1.54) is 6.26 Å². The summed E-state index contributed by atoms with van der Waals surface area (Å²) in [5.41, 5.74) is 0. The van der Waals surface area contributed by atoms with Crippen molar-refractivity contribution in [3.8, 4) is 0 Å². The van der Waals surface area contributed by atoms with Gasteiger partial charge in [-0.1, -0.05) is 0 Å². The van der Waals surface area contributed by atoms with Crippen molar-refractivity contribution in [2.24, 2.45) is 0 Å². The summed E-state index contributed by atoms with van der Waals surface area (Å²) >= 11 is 0. The van der Waals surface area contributed by atoms with Crippen LogP contribution >= 0.6 is 0 Å². The van der Waals surface area contributed by atoms with Crippen LogP contribution in [0.1, 0.15) is 19.8 Å². The second-order valence-electron chi connectivity index (χ2n) is 3.69. The average molecular weight is 223 g/mol. The van der Waals surface area contributed by atoms with E-state index in [4.69, 9.17) is 4.74 Å². The zero-order valence-corrected chi connectivity index (χ0v) is 10.2. The van der Waals surface area contributed by atoms with Crippen molar-refractivity contribution in [2.45, 2.75) is 31.9 Å². The van der Waals surface area contributed by atoms with Gasteiger partial charge < -0.3 is 10.1 Å². The number of ether oxygens (including phenoxy) is 1. The lowest BCUT2D eigenvalue weighted by Crippen LogP contribution is -2.31. The Balaban J connectivity index is 3.92. The smallest absolute Gasteiger partial charge is 0.147 e. The molecule has 0 aromatic heterocycles. The predicted octanol–water partition coefficient (Wildman–Crippen LogP) is 0.434. The van der Waals surface area contributed by atoms with Gasteiger partial charge in [0, 0.05) is 19.4 Å². The summed E-state index contributed by atoms with van der Waals surface area (Å²) in [4.78, 5) is 0. The minimum Gasteiger partial charge on any atom is -0.382 e. The van der Waals surface area contributed by atoms with Gasteiger partial charge in [-0.2, -0.15) is 0 Å². The lowest BCUT2D eigenvalue weighted by atomic mass is 10.1. The fraction of sp³-hybridized carbons (Fsp3) is 1.00. The van der Waals surface area contributed by atoms with E-state index in [0.717, 1.165) is 6.42 Å². The Morgan fingerprint density at radius 1 is 1.43 bits per heavy atom. The van der Waals surface area contributed by atoms with Gasteiger partial charge in [0.15, 0.2) is 0 Å². The highest BCUT2D eigenvalue weighted by molar-refractivity contribution is 7.90. The highest BCUT2D eigenvalue weighted by Crippen LogP contribution is 2.05. The zero-order valence-electron chi connectivity index (χ0n) is 9.41. The molecule has 2 unspecified atom stereocenters. The standard InChI is InChI=1S/C9H21NO3S/c1-8(13-3)7-9(10-2)5-6-14(4,11)12/h8-10H,5-7H2,1-4H3. The van der Waals surface area contributed by atoms with E-state index in [2.05, 4.69) is 5.32 Å². The van der Waals surface area contributed by atoms with E-state index < -0.39 is 9.84 Å². The van der Waals surface area contributed by atoms with Crippen LogP contribution in [0.25, 0.3) is 0 Å². The van der Waals surface area contributed by atoms with E-state index in [9.17, 15) is 8.42 Å². The van der Waals surface area contributed by atoms with Crippen LogP contribution < -0.4 is 5.32 Å². The summed E-state index contributed by atoms with van der Waals surface area (Å²) in [5, 5.41) is 3.10. The summed E-state index contributed by atoms with van der Waals surface area (Å²) in [6.07, 6.45) is 2.90. The molecule has 0 saturated heterocycles. The lowest BCUT2D eigenvalue weighted by Gasteiger charge is -2.19. The Labute approximate surface area is 86.9 Å². The van der Waals surface area contributed by atoms with Crippen LogP contribution in [0, 0.1) is 0 Å². The highest BCUT2D eigenvalue weighted by Gasteiger charge is 2.13. The molecule has 14 heavy (non-hydrogen) atoms. The van der Waals surface area contributed by atoms with Crippen LogP contribution in [0.3, 0.4) is 0 Å². The Kier molecular flexibility index (Phi) is 6.31. The molecular weight excluding hydrogens is 202 g/mol. The third-order valence-corrected chi connectivity index (χ3v) is 3.24. The fourth-order valence-electron chi connectivity index (χ4n) is 1.23. The number of rotatable bonds is 7. The molecule has 0 heterocycles. The molecule has 1 N–H and O–H groups in total. The molecular formula is C9H21NO3S. The molecule has 0 aliphatic carbocycles. The van der Waals surface area contributed by atoms with Crippen molar-refractivity contribution in [3.05, 3.63) is 0 Å². The minimum absolute atomic E-state index is 0.159. The molecule has 0 aromatic rings. The van der Waals surface area contributed by atoms with Gasteiger partial charge in [-0.15, -0.1) is 0 Å². The normalized spacial score (nSPS) is 16.6. The van der Waals surface area contributed by atoms with Gasteiger partial charge in [-0.25, -0.2) is 8.42 Å². The van der Waals surface area contributed by atoms with Crippen molar-refractivity contribution >= 4 is 9.84 Å². The molecule has 0 fully saturated rings. The third-order valence-electron chi connectivity index (χ3n) is 2.26. The molecule has 2 atom stereocenters. The molecule has 4 nitrogen and oxygen atoms in total. The first-order valence-electron chi connectivity index (χ1n) is 4.76. The first-order chi connectivity index (χ1) is 6.39. The van der Waals surface area contributed by atoms with Gasteiger partial charge >= 0.3 is 0 Å². The van der Waals surface area contributed by atoms with Gasteiger partial charge in [0.1, 0.15) is 9.84 Å². The van der Waals surface area contributed by atoms with Crippen molar-refractivity contribution in [1.82, 2.24) is 5.32 Å². The number of methoxy groups -OCH3 is 1. The Bertz CT molecular complexity index is 238. The molecule has 0 amide bonds. The zero-order chi connectivity index (χ0) is 11.2. The number of hydrogen-bond acceptors (Lipinski definition) is 4. The maximum absolute atomic E-state index is 10.9. The van der Waals surface area contributed by atoms with Crippen LogP contribution in [0.5, 0.6) is 0 Å². The Hall–Kier alpha value is -0.130. The molecule has 0 rings (SSSR count). The van der Waals surface area contributed by atoms with Crippen molar-refractivity contribution in [1.29, 1.82) is 0 Å². The lowest BCUT2D eigenvalue weighted by molar-refractivity contribution is 0.101. The topological polar surface area (TPSA) is 55.4 Å². The molecule has 0 aliphatic heterocycles. The molecule has 86 valence electrons. The van der Waals surface area contributed by atoms with Gasteiger partial charge in [0.25, 0.3) is 0 Å². The summed E-state index contributed by atoms with van der Waals surface area (Å²) in [6, 6.07) is 0.208. The van der Waals surface area contributed by atoms with Crippen LogP contribution in [0.15, 0.2) is 0 Å². The SMILES string of the molecule is CNC(CCS(C)(=O)=O)CC(C)OC. The second kappa shape index (κ2) is 6.37. The Morgan fingerprint density at radius 3 is 2.36 bits per heavy atom. The van der Waals surface area contributed by atoms with Crippen LogP contribution in [-0.4, -0.2) is 46.7 Å². The van der Waals surface area contributed by atoms with Gasteiger partial charge in [-0.05, 0) is 26.8 Å². The van der Waals surface area contributed by atoms with Crippen LogP contribution in [0.4, 0.5) is 0 Å². The van der Waals surface area contributed by atoms with Crippen LogP contribution in [-0.2, 0) is 14.6 Å². The summed E-state index contributed by atoms with van der Waals surface area (Å²) < 4.78 is 27.0. The largest absolute Gasteiger partial charge is 0.382 e. The fourth-order valence-corrected chi connectivity index (χ4v) is 1.95. The van der Waals surface area contributed by atoms with Crippen molar-refractivity contribution in [2.75, 3.05) is 26.2 Å². The van der Waals surface area contributed by atoms with E-state index >= 15 is 0 Å². The first kappa shape index (κ1) is 13.9. The summed E-state index contributed by atoms with van der Waals surface area (Å²) in [6.45, 7) is 1.98. The maximum atomic E-state index is 10.9. The van der Waals surface area contributed by atoms with E-state index in [0.29, 0.717) is 6.42 Å². The summed E-state index contributed by atoms with van der Waals surface area (Å²) in [7, 11) is 0.651. The highest BCUT2D eigenvalue weighted by atomic mass is 32.2. The predicted molar refractivity (Wildman–Crippen MR) is 58.3 cm³/mol. The third kappa shape index (κ3) is 7.29. The van der Waals surface area contributed by atoms with Crippen molar-refractivity contribution in [3.63, 3.8) is 0 Å². The van der Waals surface area contributed by atoms with Crippen molar-refractivity contribution < 1.29 is 13.2 Å². The van der Waals surface area contributed by atoms with Gasteiger partial charge in [0.2, 0.25) is 0 Å². The first-order valence-corrected chi connectivity index (χ1v) is 6.83. The van der Waals surface area contributed by atoms with E-state index in [1.807, 2.05) is 14.0 Å². The molecule has 0 bridgehead atoms. The molecule has 0 aromatic carbocycles. The molecule has 0 spiro atoms. The molecule has 0 aliphatic rings. The van der Waals surface area contributed by atoms with Gasteiger partial charge in [0.05, 0.1) is 11.9 Å². The Morgan fingerprint density at radius 2 is 2.00 bits per heavy atom. The second-order valence-corrected chi connectivity index (χ2v) is 5.95. The summed E-state index contributed by atoms with van der Waals surface area (Å²) in [5.74, 6) is 0.231. The number of sulfone groups is 1. The average Bonchev–Trinajstić information content (AvgIpc) is 2.10. The van der Waals surface area contributed by atoms with E-state index in [-0.39, 0.29) is 17.9 Å². The van der Waals surface area contributed by atoms with E-state index in [1.54, 1.807) is 7.11 Å². The number of hydrogen-bond donors (Lipinski definition) is 1. The molecule has 0 radical (unpaired) electrons. The van der Waals surface area contributed by atoms with Crippen LogP contribution in [0.2, 0.25) is 0 Å². The maximum Gasteiger partial charge on any atom is 0.147 e.